The van der Waals surface area contributed by atoms with E-state index in [4.69, 9.17) is 10.00 Å². The quantitative estimate of drug-likeness (QED) is 0.915. The lowest BCUT2D eigenvalue weighted by Crippen LogP contribution is -2.37. The Bertz CT molecular complexity index is 738. The molecule has 0 bridgehead atoms. The van der Waals surface area contributed by atoms with Gasteiger partial charge in [-0.2, -0.15) is 5.26 Å². The number of carbonyl (C=O) groups is 1. The summed E-state index contributed by atoms with van der Waals surface area (Å²) in [6, 6.07) is 14.4. The summed E-state index contributed by atoms with van der Waals surface area (Å²) in [6.07, 6.45) is -0.798. The molecule has 2 rings (SSSR count). The highest BCUT2D eigenvalue weighted by atomic mass is 19.1. The summed E-state index contributed by atoms with van der Waals surface area (Å²) in [5, 5.41) is 11.7. The molecule has 0 saturated carbocycles. The first-order valence-corrected chi connectivity index (χ1v) is 7.23. The smallest absolute Gasteiger partial charge is 0.265 e. The van der Waals surface area contributed by atoms with Gasteiger partial charge in [0.05, 0.1) is 5.56 Å². The fourth-order valence-electron chi connectivity index (χ4n) is 2.07. The number of benzene rings is 2. The van der Waals surface area contributed by atoms with Gasteiger partial charge >= 0.3 is 0 Å². The van der Waals surface area contributed by atoms with Crippen molar-refractivity contribution in [2.75, 3.05) is 5.32 Å². The number of amides is 1. The van der Waals surface area contributed by atoms with Crippen molar-refractivity contribution in [1.82, 2.24) is 0 Å². The van der Waals surface area contributed by atoms with Crippen LogP contribution in [-0.2, 0) is 4.79 Å². The van der Waals surface area contributed by atoms with E-state index in [1.807, 2.05) is 19.9 Å². The van der Waals surface area contributed by atoms with Crippen LogP contribution in [0.1, 0.15) is 19.4 Å². The lowest BCUT2D eigenvalue weighted by Gasteiger charge is -2.22. The Kier molecular flexibility index (Phi) is 5.32. The van der Waals surface area contributed by atoms with Crippen LogP contribution in [0.3, 0.4) is 0 Å². The summed E-state index contributed by atoms with van der Waals surface area (Å²) < 4.78 is 18.9. The number of anilines is 1. The van der Waals surface area contributed by atoms with Gasteiger partial charge in [0, 0.05) is 5.69 Å². The Morgan fingerprint density at radius 1 is 1.22 bits per heavy atom. The fraction of sp³-hybridized carbons (Fsp3) is 0.222. The van der Waals surface area contributed by atoms with Crippen LogP contribution >= 0.6 is 0 Å². The monoisotopic (exact) mass is 312 g/mol. The maximum absolute atomic E-state index is 13.2. The van der Waals surface area contributed by atoms with E-state index in [2.05, 4.69) is 5.32 Å². The Morgan fingerprint density at radius 2 is 1.96 bits per heavy atom. The van der Waals surface area contributed by atoms with Gasteiger partial charge in [0.1, 0.15) is 17.6 Å². The molecule has 1 N–H and O–H groups in total. The van der Waals surface area contributed by atoms with Crippen molar-refractivity contribution in [3.8, 4) is 11.8 Å². The highest BCUT2D eigenvalue weighted by Crippen LogP contribution is 2.21. The Balaban J connectivity index is 2.18. The Morgan fingerprint density at radius 3 is 2.61 bits per heavy atom. The van der Waals surface area contributed by atoms with E-state index in [-0.39, 0.29) is 5.92 Å². The summed E-state index contributed by atoms with van der Waals surface area (Å²) in [6.45, 7) is 3.68. The van der Waals surface area contributed by atoms with Crippen LogP contribution in [0, 0.1) is 23.1 Å². The molecule has 0 radical (unpaired) electrons. The van der Waals surface area contributed by atoms with Crippen LogP contribution in [0.4, 0.5) is 10.1 Å². The predicted molar refractivity (Wildman–Crippen MR) is 85.4 cm³/mol. The van der Waals surface area contributed by atoms with Gasteiger partial charge in [0.15, 0.2) is 6.10 Å². The minimum absolute atomic E-state index is 0.129. The van der Waals surface area contributed by atoms with Crippen molar-refractivity contribution < 1.29 is 13.9 Å². The van der Waals surface area contributed by atoms with Gasteiger partial charge in [0.25, 0.3) is 5.91 Å². The maximum Gasteiger partial charge on any atom is 0.265 e. The first-order valence-electron chi connectivity index (χ1n) is 7.23. The van der Waals surface area contributed by atoms with Crippen LogP contribution in [0.5, 0.6) is 5.75 Å². The normalized spacial score (nSPS) is 11.6. The van der Waals surface area contributed by atoms with Crippen LogP contribution in [-0.4, -0.2) is 12.0 Å². The molecule has 118 valence electrons. The Labute approximate surface area is 134 Å². The molecule has 0 spiro atoms. The van der Waals surface area contributed by atoms with Crippen LogP contribution in [0.25, 0.3) is 0 Å². The molecule has 0 saturated heterocycles. The second kappa shape index (κ2) is 7.41. The number of nitrogens with one attached hydrogen (secondary N) is 1. The number of halogens is 1. The molecule has 1 atom stereocenters. The highest BCUT2D eigenvalue weighted by molar-refractivity contribution is 5.94. The van der Waals surface area contributed by atoms with Crippen LogP contribution in [0.15, 0.2) is 48.5 Å². The van der Waals surface area contributed by atoms with E-state index in [9.17, 15) is 9.18 Å². The van der Waals surface area contributed by atoms with Gasteiger partial charge in [0.2, 0.25) is 0 Å². The zero-order chi connectivity index (χ0) is 16.8. The van der Waals surface area contributed by atoms with Crippen molar-refractivity contribution in [2.24, 2.45) is 5.92 Å². The number of ether oxygens (including phenoxy) is 1. The van der Waals surface area contributed by atoms with E-state index in [0.29, 0.717) is 17.0 Å². The number of hydrogen-bond acceptors (Lipinski definition) is 3. The summed E-state index contributed by atoms with van der Waals surface area (Å²) in [7, 11) is 0. The Hall–Kier alpha value is -2.87. The lowest BCUT2D eigenvalue weighted by molar-refractivity contribution is -0.124. The second-order valence-corrected chi connectivity index (χ2v) is 5.39. The molecule has 0 aromatic heterocycles. The number of hydrogen-bond donors (Lipinski definition) is 1. The fourth-order valence-corrected chi connectivity index (χ4v) is 2.07. The van der Waals surface area contributed by atoms with E-state index in [0.717, 1.165) is 0 Å². The molecule has 4 nitrogen and oxygen atoms in total. The third-order valence-corrected chi connectivity index (χ3v) is 3.22. The SMILES string of the molecule is CC(C)C(Oc1ccccc1C#N)C(=O)Nc1cccc(F)c1. The van der Waals surface area contributed by atoms with Crippen molar-refractivity contribution in [3.05, 3.63) is 59.9 Å². The van der Waals surface area contributed by atoms with E-state index >= 15 is 0 Å². The van der Waals surface area contributed by atoms with Crippen molar-refractivity contribution in [2.45, 2.75) is 20.0 Å². The largest absolute Gasteiger partial charge is 0.479 e. The summed E-state index contributed by atoms with van der Waals surface area (Å²) in [5.41, 5.74) is 0.717. The summed E-state index contributed by atoms with van der Waals surface area (Å²) >= 11 is 0. The molecule has 5 heteroatoms. The zero-order valence-electron chi connectivity index (χ0n) is 12.9. The third kappa shape index (κ3) is 4.30. The van der Waals surface area contributed by atoms with Gasteiger partial charge in [-0.1, -0.05) is 32.0 Å². The molecule has 2 aromatic carbocycles. The highest BCUT2D eigenvalue weighted by Gasteiger charge is 2.25. The minimum atomic E-state index is -0.798. The molecular weight excluding hydrogens is 295 g/mol. The molecule has 0 aliphatic rings. The molecule has 0 aliphatic heterocycles. The maximum atomic E-state index is 13.2. The zero-order valence-corrected chi connectivity index (χ0v) is 12.9. The molecule has 0 heterocycles. The summed E-state index contributed by atoms with van der Waals surface area (Å²) in [4.78, 5) is 12.4. The van der Waals surface area contributed by atoms with Crippen molar-refractivity contribution in [1.29, 1.82) is 5.26 Å². The van der Waals surface area contributed by atoms with Crippen molar-refractivity contribution in [3.63, 3.8) is 0 Å². The average Bonchev–Trinajstić information content (AvgIpc) is 2.52. The molecule has 1 amide bonds. The standard InChI is InChI=1S/C18H17FN2O2/c1-12(2)17(23-16-9-4-3-6-13(16)11-20)18(22)21-15-8-5-7-14(19)10-15/h3-10,12,17H,1-2H3,(H,21,22). The molecule has 0 fully saturated rings. The summed E-state index contributed by atoms with van der Waals surface area (Å²) in [5.74, 6) is -0.601. The topological polar surface area (TPSA) is 62.1 Å². The van der Waals surface area contributed by atoms with E-state index < -0.39 is 17.8 Å². The van der Waals surface area contributed by atoms with Crippen LogP contribution in [0.2, 0.25) is 0 Å². The van der Waals surface area contributed by atoms with Gasteiger partial charge in [-0.15, -0.1) is 0 Å². The van der Waals surface area contributed by atoms with Crippen LogP contribution < -0.4 is 10.1 Å². The number of rotatable bonds is 5. The van der Waals surface area contributed by atoms with E-state index in [1.165, 1.54) is 18.2 Å². The molecule has 23 heavy (non-hydrogen) atoms. The lowest BCUT2D eigenvalue weighted by atomic mass is 10.1. The molecular formula is C18H17FN2O2. The number of carbonyl (C=O) groups excluding carboxylic acids is 1. The molecule has 0 aliphatic carbocycles. The number of nitrogens with zero attached hydrogens (tertiary/aromatic N) is 1. The second-order valence-electron chi connectivity index (χ2n) is 5.39. The van der Waals surface area contributed by atoms with Gasteiger partial charge < -0.3 is 10.1 Å². The average molecular weight is 312 g/mol. The molecule has 2 aromatic rings. The minimum Gasteiger partial charge on any atom is -0.479 e. The van der Waals surface area contributed by atoms with Crippen molar-refractivity contribution >= 4 is 11.6 Å². The number of nitriles is 1. The van der Waals surface area contributed by atoms with Gasteiger partial charge in [-0.25, -0.2) is 4.39 Å². The third-order valence-electron chi connectivity index (χ3n) is 3.22. The van der Waals surface area contributed by atoms with Gasteiger partial charge in [-0.3, -0.25) is 4.79 Å². The molecule has 1 unspecified atom stereocenters. The first kappa shape index (κ1) is 16.5. The van der Waals surface area contributed by atoms with Gasteiger partial charge in [-0.05, 0) is 36.2 Å². The van der Waals surface area contributed by atoms with E-state index in [1.54, 1.807) is 30.3 Å². The number of para-hydroxylation sites is 1. The first-order chi connectivity index (χ1) is 11.0. The predicted octanol–water partition coefficient (Wildman–Crippen LogP) is 3.74.